The molecule has 0 aromatic heterocycles. The van der Waals surface area contributed by atoms with Gasteiger partial charge in [0.15, 0.2) is 0 Å². The number of methoxy groups -OCH3 is 2. The molecule has 0 bridgehead atoms. The number of benzene rings is 1. The summed E-state index contributed by atoms with van der Waals surface area (Å²) < 4.78 is 39.6. The third-order valence-electron chi connectivity index (χ3n) is 1.95. The normalized spacial score (nSPS) is 10.3. The number of hydrogen-bond donors (Lipinski definition) is 1. The van der Waals surface area contributed by atoms with Gasteiger partial charge in [0.05, 0.1) is 14.2 Å². The van der Waals surface area contributed by atoms with Crippen LogP contribution in [0.25, 0.3) is 0 Å². The maximum Gasteiger partial charge on any atom is 1.00 e. The predicted molar refractivity (Wildman–Crippen MR) is 57.8 cm³/mol. The van der Waals surface area contributed by atoms with E-state index in [1.54, 1.807) is 0 Å². The molecule has 1 aromatic rings. The molecule has 9 heteroatoms. The summed E-state index contributed by atoms with van der Waals surface area (Å²) in [6, 6.07) is 4.02. The zero-order chi connectivity index (χ0) is 13.9. The number of carbonyl (C=O) groups is 2. The molecule has 19 heavy (non-hydrogen) atoms. The van der Waals surface area contributed by atoms with Crippen LogP contribution in [0.1, 0.15) is 20.7 Å². The van der Waals surface area contributed by atoms with Crippen LogP contribution in [-0.2, 0) is 19.6 Å². The number of hydrogen-bond acceptors (Lipinski definition) is 6. The van der Waals surface area contributed by atoms with Crippen LogP contribution in [0.3, 0.4) is 0 Å². The fraction of sp³-hybridized carbons (Fsp3) is 0.200. The van der Waals surface area contributed by atoms with Crippen molar-refractivity contribution in [3.05, 3.63) is 29.3 Å². The van der Waals surface area contributed by atoms with Gasteiger partial charge >= 0.3 is 29.6 Å². The zero-order valence-corrected chi connectivity index (χ0v) is 13.3. The molecule has 0 atom stereocenters. The molecular weight excluding hydrogens is 287 g/mol. The Kier molecular flexibility index (Phi) is 6.67. The van der Waals surface area contributed by atoms with E-state index < -0.39 is 27.0 Å². The van der Waals surface area contributed by atoms with Crippen LogP contribution in [0.15, 0.2) is 17.0 Å². The maximum atomic E-state index is 11.3. The Balaban J connectivity index is 0.00000324. The van der Waals surface area contributed by atoms with Crippen LogP contribution in [-0.4, -0.2) is 39.1 Å². The van der Waals surface area contributed by atoms with Crippen LogP contribution < -0.4 is 29.6 Å². The van der Waals surface area contributed by atoms with Crippen LogP contribution in [0, 0.1) is 6.07 Å². The van der Waals surface area contributed by atoms with Gasteiger partial charge in [0.1, 0.15) is 0 Å². The summed E-state index contributed by atoms with van der Waals surface area (Å²) in [5.74, 6) is -1.80. The zero-order valence-electron chi connectivity index (χ0n) is 10.5. The smallest absolute Gasteiger partial charge is 0.500 e. The number of carbonyl (C=O) groups excluding carboxylic acids is 2. The number of esters is 2. The third kappa shape index (κ3) is 4.59. The molecule has 0 radical (unpaired) electrons. The fourth-order valence-corrected chi connectivity index (χ4v) is 1.67. The molecule has 1 rings (SSSR count). The van der Waals surface area contributed by atoms with Crippen molar-refractivity contribution >= 4 is 22.1 Å². The first kappa shape index (κ1) is 18.1. The molecule has 1 aromatic carbocycles. The van der Waals surface area contributed by atoms with E-state index >= 15 is 0 Å². The van der Waals surface area contributed by atoms with E-state index in [0.717, 1.165) is 26.4 Å². The second-order valence-corrected chi connectivity index (χ2v) is 4.52. The van der Waals surface area contributed by atoms with E-state index in [4.69, 9.17) is 4.55 Å². The van der Waals surface area contributed by atoms with Crippen molar-refractivity contribution in [2.45, 2.75) is 4.90 Å². The van der Waals surface area contributed by atoms with E-state index in [1.165, 1.54) is 0 Å². The molecule has 0 fully saturated rings. The van der Waals surface area contributed by atoms with Gasteiger partial charge in [0.2, 0.25) is 0 Å². The first-order valence-corrected chi connectivity index (χ1v) is 5.95. The Hall–Kier alpha value is -0.930. The minimum absolute atomic E-state index is 0. The van der Waals surface area contributed by atoms with Gasteiger partial charge in [0.25, 0.3) is 22.1 Å². The molecule has 0 amide bonds. The monoisotopic (exact) mass is 296 g/mol. The standard InChI is InChI=1S/C10H9O7S.Na/c1-16-9(11)6-3-7(10(12)17-2)5-8(4-6)18(13,14)15;/h4-5H,1-2H3,(H,13,14,15);/q-1;+1. The average Bonchev–Trinajstić information content (AvgIpc) is 2.35. The van der Waals surface area contributed by atoms with Gasteiger partial charge < -0.3 is 9.47 Å². The van der Waals surface area contributed by atoms with Crippen molar-refractivity contribution < 1.29 is 61.6 Å². The average molecular weight is 296 g/mol. The molecule has 7 nitrogen and oxygen atoms in total. The van der Waals surface area contributed by atoms with Gasteiger partial charge in [-0.15, -0.1) is 6.07 Å². The van der Waals surface area contributed by atoms with Gasteiger partial charge in [-0.2, -0.15) is 8.42 Å². The number of ether oxygens (including phenoxy) is 2. The third-order valence-corrected chi connectivity index (χ3v) is 2.78. The van der Waals surface area contributed by atoms with E-state index in [-0.39, 0.29) is 40.7 Å². The van der Waals surface area contributed by atoms with Crippen molar-refractivity contribution in [3.8, 4) is 0 Å². The molecular formula is C10H9NaO7S. The molecule has 0 aliphatic heterocycles. The van der Waals surface area contributed by atoms with E-state index in [2.05, 4.69) is 15.5 Å². The number of rotatable bonds is 3. The van der Waals surface area contributed by atoms with Crippen molar-refractivity contribution in [1.29, 1.82) is 0 Å². The van der Waals surface area contributed by atoms with E-state index in [9.17, 15) is 18.0 Å². The van der Waals surface area contributed by atoms with E-state index in [1.807, 2.05) is 0 Å². The van der Waals surface area contributed by atoms with E-state index in [0.29, 0.717) is 0 Å². The van der Waals surface area contributed by atoms with Crippen LogP contribution in [0.5, 0.6) is 0 Å². The molecule has 1 N–H and O–H groups in total. The Morgan fingerprint density at radius 3 is 1.74 bits per heavy atom. The summed E-state index contributed by atoms with van der Waals surface area (Å²) in [5.41, 5.74) is -0.624. The summed E-state index contributed by atoms with van der Waals surface area (Å²) in [6.45, 7) is 0. The Morgan fingerprint density at radius 2 is 1.47 bits per heavy atom. The Bertz CT molecular complexity index is 560. The Labute approximate surface area is 131 Å². The van der Waals surface area contributed by atoms with Crippen LogP contribution in [0.4, 0.5) is 0 Å². The minimum atomic E-state index is -4.57. The second kappa shape index (κ2) is 7.01. The maximum absolute atomic E-state index is 11.3. The molecule has 0 saturated carbocycles. The summed E-state index contributed by atoms with van der Waals surface area (Å²) in [5, 5.41) is 0. The molecule has 0 aliphatic rings. The SMILES string of the molecule is COC(=O)c1[c-]c(C(=O)OC)cc(S(=O)(=O)O)c1.[Na+]. The van der Waals surface area contributed by atoms with Crippen molar-refractivity contribution in [2.75, 3.05) is 14.2 Å². The molecule has 0 heterocycles. The summed E-state index contributed by atoms with van der Waals surface area (Å²) in [7, 11) is -2.41. The van der Waals surface area contributed by atoms with Gasteiger partial charge in [-0.3, -0.25) is 14.1 Å². The van der Waals surface area contributed by atoms with Crippen LogP contribution in [0.2, 0.25) is 0 Å². The predicted octanol–water partition coefficient (Wildman–Crippen LogP) is -2.69. The van der Waals surface area contributed by atoms with Crippen LogP contribution >= 0.6 is 0 Å². The first-order valence-electron chi connectivity index (χ1n) is 4.51. The van der Waals surface area contributed by atoms with Crippen molar-refractivity contribution in [2.24, 2.45) is 0 Å². The second-order valence-electron chi connectivity index (χ2n) is 3.10. The molecule has 0 aliphatic carbocycles. The van der Waals surface area contributed by atoms with Gasteiger partial charge in [0, 0.05) is 4.90 Å². The van der Waals surface area contributed by atoms with Gasteiger partial charge in [-0.25, -0.2) is 0 Å². The largest absolute Gasteiger partial charge is 1.00 e. The Morgan fingerprint density at radius 1 is 1.11 bits per heavy atom. The molecule has 98 valence electrons. The minimum Gasteiger partial charge on any atom is -0.500 e. The quantitative estimate of drug-likeness (QED) is 0.280. The topological polar surface area (TPSA) is 107 Å². The first-order chi connectivity index (χ1) is 8.29. The molecule has 0 saturated heterocycles. The summed E-state index contributed by atoms with van der Waals surface area (Å²) >= 11 is 0. The van der Waals surface area contributed by atoms with Gasteiger partial charge in [-0.1, -0.05) is 12.1 Å². The van der Waals surface area contributed by atoms with Crippen molar-refractivity contribution in [1.82, 2.24) is 0 Å². The molecule has 0 spiro atoms. The van der Waals surface area contributed by atoms with Gasteiger partial charge in [-0.05, 0) is 11.1 Å². The summed E-state index contributed by atoms with van der Waals surface area (Å²) in [6.07, 6.45) is 0. The molecule has 0 unspecified atom stereocenters. The summed E-state index contributed by atoms with van der Waals surface area (Å²) in [4.78, 5) is 21.9. The van der Waals surface area contributed by atoms with Crippen molar-refractivity contribution in [3.63, 3.8) is 0 Å². The fourth-order valence-electron chi connectivity index (χ4n) is 1.13.